The molecular weight excluding hydrogens is 376 g/mol. The molecule has 0 saturated carbocycles. The van der Waals surface area contributed by atoms with Gasteiger partial charge in [0, 0.05) is 19.2 Å². The Morgan fingerprint density at radius 2 is 1.57 bits per heavy atom. The maximum atomic E-state index is 12.3. The molecule has 1 amide bonds. The minimum Gasteiger partial charge on any atom is -0.473 e. The van der Waals surface area contributed by atoms with E-state index in [1.54, 1.807) is 4.90 Å². The average molecular weight is 400 g/mol. The molecule has 2 aromatic carbocycles. The summed E-state index contributed by atoms with van der Waals surface area (Å²) in [6, 6.07) is 25.5. The van der Waals surface area contributed by atoms with Gasteiger partial charge < -0.3 is 14.4 Å². The van der Waals surface area contributed by atoms with Gasteiger partial charge in [0.15, 0.2) is 0 Å². The smallest absolute Gasteiger partial charge is 0.410 e. The number of nitrogens with zero attached hydrogens (tertiary/aromatic N) is 2. The van der Waals surface area contributed by atoms with E-state index in [0.717, 1.165) is 28.8 Å². The summed E-state index contributed by atoms with van der Waals surface area (Å²) in [5, 5.41) is 0. The number of amides is 1. The fourth-order valence-electron chi connectivity index (χ4n) is 3.28. The van der Waals surface area contributed by atoms with Crippen molar-refractivity contribution in [3.63, 3.8) is 0 Å². The van der Waals surface area contributed by atoms with Crippen LogP contribution in [0.2, 0.25) is 0 Å². The second-order valence-corrected chi connectivity index (χ2v) is 7.10. The molecule has 30 heavy (non-hydrogen) atoms. The highest BCUT2D eigenvalue weighted by atomic mass is 16.6. The van der Waals surface area contributed by atoms with Gasteiger partial charge in [-0.05, 0) is 29.2 Å². The second-order valence-electron chi connectivity index (χ2n) is 7.10. The van der Waals surface area contributed by atoms with Crippen LogP contribution in [-0.4, -0.2) is 29.1 Å². The van der Waals surface area contributed by atoms with Gasteiger partial charge in [-0.1, -0.05) is 72.8 Å². The summed E-state index contributed by atoms with van der Waals surface area (Å²) in [5.74, 6) is 0.599. The average Bonchev–Trinajstić information content (AvgIpc) is 2.83. The first kappa shape index (κ1) is 19.7. The summed E-state index contributed by atoms with van der Waals surface area (Å²) < 4.78 is 11.3. The molecule has 0 unspecified atom stereocenters. The standard InChI is InChI=1S/C25H24N2O3/c28-25(30-19-21-10-5-2-6-11-21)27-16-14-22(15-17-27)23-12-7-13-24(26-23)29-18-20-8-3-1-4-9-20/h1-14H,15-19H2. The molecule has 1 aliphatic heterocycles. The van der Waals surface area contributed by atoms with Gasteiger partial charge >= 0.3 is 6.09 Å². The van der Waals surface area contributed by atoms with Crippen molar-refractivity contribution in [2.45, 2.75) is 19.6 Å². The van der Waals surface area contributed by atoms with Crippen molar-refractivity contribution in [1.82, 2.24) is 9.88 Å². The third kappa shape index (κ3) is 5.26. The quantitative estimate of drug-likeness (QED) is 0.579. The van der Waals surface area contributed by atoms with Crippen LogP contribution >= 0.6 is 0 Å². The minimum absolute atomic E-state index is 0.287. The van der Waals surface area contributed by atoms with E-state index in [9.17, 15) is 4.79 Å². The van der Waals surface area contributed by atoms with Crippen LogP contribution in [0.25, 0.3) is 5.57 Å². The summed E-state index contributed by atoms with van der Waals surface area (Å²) in [5.41, 5.74) is 4.09. The van der Waals surface area contributed by atoms with Crippen molar-refractivity contribution in [3.05, 3.63) is 102 Å². The molecule has 152 valence electrons. The molecule has 1 aliphatic rings. The lowest BCUT2D eigenvalue weighted by molar-refractivity contribution is 0.0998. The van der Waals surface area contributed by atoms with Gasteiger partial charge in [0.1, 0.15) is 13.2 Å². The molecule has 0 spiro atoms. The van der Waals surface area contributed by atoms with Crippen LogP contribution in [0.3, 0.4) is 0 Å². The van der Waals surface area contributed by atoms with Crippen molar-refractivity contribution in [3.8, 4) is 5.88 Å². The van der Waals surface area contributed by atoms with Gasteiger partial charge in [-0.25, -0.2) is 9.78 Å². The molecule has 5 heteroatoms. The van der Waals surface area contributed by atoms with E-state index in [2.05, 4.69) is 4.98 Å². The van der Waals surface area contributed by atoms with Gasteiger partial charge in [-0.3, -0.25) is 0 Å². The minimum atomic E-state index is -0.290. The number of benzene rings is 2. The summed E-state index contributed by atoms with van der Waals surface area (Å²) in [6.07, 6.45) is 2.48. The number of aromatic nitrogens is 1. The molecule has 0 aliphatic carbocycles. The summed E-state index contributed by atoms with van der Waals surface area (Å²) in [4.78, 5) is 18.7. The molecule has 5 nitrogen and oxygen atoms in total. The van der Waals surface area contributed by atoms with E-state index in [4.69, 9.17) is 9.47 Å². The summed E-state index contributed by atoms with van der Waals surface area (Å²) in [6.45, 7) is 1.89. The van der Waals surface area contributed by atoms with Crippen molar-refractivity contribution in [2.24, 2.45) is 0 Å². The number of pyridine rings is 1. The third-order valence-electron chi connectivity index (χ3n) is 4.95. The van der Waals surface area contributed by atoms with Crippen LogP contribution in [0.5, 0.6) is 5.88 Å². The Kier molecular flexibility index (Phi) is 6.40. The number of rotatable bonds is 6. The Hall–Kier alpha value is -3.60. The predicted octanol–water partition coefficient (Wildman–Crippen LogP) is 5.09. The maximum Gasteiger partial charge on any atom is 0.410 e. The number of ether oxygens (including phenoxy) is 2. The normalized spacial score (nSPS) is 13.5. The van der Waals surface area contributed by atoms with E-state index < -0.39 is 0 Å². The van der Waals surface area contributed by atoms with Gasteiger partial charge in [0.05, 0.1) is 5.69 Å². The summed E-state index contributed by atoms with van der Waals surface area (Å²) in [7, 11) is 0. The lowest BCUT2D eigenvalue weighted by Crippen LogP contribution is -2.35. The third-order valence-corrected chi connectivity index (χ3v) is 4.95. The van der Waals surface area contributed by atoms with Crippen molar-refractivity contribution < 1.29 is 14.3 Å². The van der Waals surface area contributed by atoms with E-state index in [1.807, 2.05) is 84.9 Å². The van der Waals surface area contributed by atoms with Crippen molar-refractivity contribution >= 4 is 11.7 Å². The van der Waals surface area contributed by atoms with Crippen molar-refractivity contribution in [1.29, 1.82) is 0 Å². The molecule has 0 N–H and O–H groups in total. The topological polar surface area (TPSA) is 51.7 Å². The van der Waals surface area contributed by atoms with Gasteiger partial charge in [-0.15, -0.1) is 0 Å². The number of carbonyl (C=O) groups excluding carboxylic acids is 1. The second kappa shape index (κ2) is 9.74. The molecule has 4 rings (SSSR count). The van der Waals surface area contributed by atoms with E-state index in [1.165, 1.54) is 0 Å². The van der Waals surface area contributed by atoms with Crippen LogP contribution in [0.15, 0.2) is 84.9 Å². The van der Waals surface area contributed by atoms with Crippen LogP contribution in [0.1, 0.15) is 23.2 Å². The highest BCUT2D eigenvalue weighted by Crippen LogP contribution is 2.23. The maximum absolute atomic E-state index is 12.3. The van der Waals surface area contributed by atoms with Crippen LogP contribution in [0, 0.1) is 0 Å². The molecule has 2 heterocycles. The Balaban J connectivity index is 1.32. The zero-order valence-corrected chi connectivity index (χ0v) is 16.7. The number of hydrogen-bond donors (Lipinski definition) is 0. The van der Waals surface area contributed by atoms with E-state index in [-0.39, 0.29) is 12.7 Å². The largest absolute Gasteiger partial charge is 0.473 e. The molecule has 0 atom stereocenters. The Bertz CT molecular complexity index is 1000. The van der Waals surface area contributed by atoms with Gasteiger partial charge in [-0.2, -0.15) is 0 Å². The monoisotopic (exact) mass is 400 g/mol. The Labute approximate surface area is 176 Å². The van der Waals surface area contributed by atoms with Crippen LogP contribution < -0.4 is 4.74 Å². The molecule has 0 fully saturated rings. The lowest BCUT2D eigenvalue weighted by Gasteiger charge is -2.25. The molecule has 0 saturated heterocycles. The molecule has 0 bridgehead atoms. The fourth-order valence-corrected chi connectivity index (χ4v) is 3.28. The Morgan fingerprint density at radius 1 is 0.867 bits per heavy atom. The molecule has 0 radical (unpaired) electrons. The number of carbonyl (C=O) groups is 1. The van der Waals surface area contributed by atoms with Crippen LogP contribution in [0.4, 0.5) is 4.79 Å². The van der Waals surface area contributed by atoms with Crippen molar-refractivity contribution in [2.75, 3.05) is 13.1 Å². The lowest BCUT2D eigenvalue weighted by atomic mass is 10.0. The SMILES string of the molecule is O=C(OCc1ccccc1)N1CC=C(c2cccc(OCc3ccccc3)n2)CC1. The Morgan fingerprint density at radius 3 is 2.23 bits per heavy atom. The van der Waals surface area contributed by atoms with Crippen LogP contribution in [-0.2, 0) is 18.0 Å². The predicted molar refractivity (Wildman–Crippen MR) is 116 cm³/mol. The highest BCUT2D eigenvalue weighted by Gasteiger charge is 2.20. The molecule has 1 aromatic heterocycles. The first-order valence-corrected chi connectivity index (χ1v) is 10.1. The first-order valence-electron chi connectivity index (χ1n) is 10.1. The van der Waals surface area contributed by atoms with E-state index in [0.29, 0.717) is 25.6 Å². The van der Waals surface area contributed by atoms with Gasteiger partial charge in [0.2, 0.25) is 5.88 Å². The van der Waals surface area contributed by atoms with E-state index >= 15 is 0 Å². The zero-order chi connectivity index (χ0) is 20.6. The first-order chi connectivity index (χ1) is 14.8. The summed E-state index contributed by atoms with van der Waals surface area (Å²) >= 11 is 0. The fraction of sp³-hybridized carbons (Fsp3) is 0.200. The molecule has 3 aromatic rings. The molecular formula is C25H24N2O3. The highest BCUT2D eigenvalue weighted by molar-refractivity contribution is 5.71. The van der Waals surface area contributed by atoms with Gasteiger partial charge in [0.25, 0.3) is 0 Å². The zero-order valence-electron chi connectivity index (χ0n) is 16.7. The number of hydrogen-bond acceptors (Lipinski definition) is 4.